The van der Waals surface area contributed by atoms with E-state index >= 15 is 0 Å². The van der Waals surface area contributed by atoms with Crippen molar-refractivity contribution >= 4 is 36.4 Å². The summed E-state index contributed by atoms with van der Waals surface area (Å²) in [7, 11) is 0. The summed E-state index contributed by atoms with van der Waals surface area (Å²) < 4.78 is 0. The van der Waals surface area contributed by atoms with Crippen LogP contribution in [-0.2, 0) is 9.59 Å². The Morgan fingerprint density at radius 2 is 1.17 bits per heavy atom. The first-order valence-electron chi connectivity index (χ1n) is 2.24. The summed E-state index contributed by atoms with van der Waals surface area (Å²) in [5.74, 6) is -4.12. The van der Waals surface area contributed by atoms with Gasteiger partial charge in [0.05, 0.1) is 11.9 Å². The van der Waals surface area contributed by atoms with Gasteiger partial charge in [-0.25, -0.2) is 0 Å². The van der Waals surface area contributed by atoms with Gasteiger partial charge < -0.3 is 30.0 Å². The molecule has 6 nitrogen and oxygen atoms in total. The normalized spacial score (nSPS) is 13.2. The van der Waals surface area contributed by atoms with Crippen molar-refractivity contribution in [2.75, 3.05) is 0 Å². The van der Waals surface area contributed by atoms with Crippen LogP contribution in [-0.4, -0.2) is 58.8 Å². The van der Waals surface area contributed by atoms with Crippen molar-refractivity contribution in [1.82, 2.24) is 0 Å². The molecule has 0 spiro atoms. The van der Waals surface area contributed by atoms with Gasteiger partial charge in [0.1, 0.15) is 12.2 Å². The van der Waals surface area contributed by atoms with Gasteiger partial charge in [-0.2, -0.15) is 0 Å². The van der Waals surface area contributed by atoms with Crippen LogP contribution in [0.15, 0.2) is 0 Å². The zero-order chi connectivity index (χ0) is 8.31. The van der Waals surface area contributed by atoms with E-state index < -0.39 is 24.1 Å². The minimum Gasteiger partial charge on any atom is -0.547 e. The van der Waals surface area contributed by atoms with Gasteiger partial charge in [-0.1, -0.05) is 0 Å². The summed E-state index contributed by atoms with van der Waals surface area (Å²) >= 11 is 0. The van der Waals surface area contributed by atoms with Crippen molar-refractivity contribution in [3.8, 4) is 0 Å². The van der Waals surface area contributed by atoms with Gasteiger partial charge in [-0.15, -0.1) is 0 Å². The number of hydrogen-bond donors (Lipinski definition) is 2. The maximum absolute atomic E-state index is 9.63. The Bertz CT molecular complexity index is 144. The number of hydrogen-bond acceptors (Lipinski definition) is 6. The molecule has 0 aliphatic heterocycles. The molecule has 2 N–H and O–H groups in total. The van der Waals surface area contributed by atoms with Crippen LogP contribution in [0.5, 0.6) is 0 Å². The summed E-state index contributed by atoms with van der Waals surface area (Å²) in [6, 6.07) is 0. The zero-order valence-electron chi connectivity index (χ0n) is 6.13. The van der Waals surface area contributed by atoms with Gasteiger partial charge in [-0.05, 0) is 0 Å². The smallest absolute Gasteiger partial charge is 0.547 e. The number of carbonyl (C=O) groups excluding carboxylic acids is 2. The standard InChI is InChI=1S/C4H6O6.Li.Sb/c5-1(3(7)8)2(6)4(9)10;;/h1-2,5-6H,(H,7,8)(H,9,10);;/q;+1;+3/p-2. The van der Waals surface area contributed by atoms with Gasteiger partial charge in [0, 0.05) is 0 Å². The van der Waals surface area contributed by atoms with E-state index in [0.717, 1.165) is 0 Å². The van der Waals surface area contributed by atoms with Gasteiger partial charge in [0.2, 0.25) is 0 Å². The van der Waals surface area contributed by atoms with Crippen LogP contribution in [0.2, 0.25) is 0 Å². The predicted molar refractivity (Wildman–Crippen MR) is 27.8 cm³/mol. The quantitative estimate of drug-likeness (QED) is 0.494. The Labute approximate surface area is 97.2 Å². The van der Waals surface area contributed by atoms with Crippen molar-refractivity contribution in [3.05, 3.63) is 0 Å². The van der Waals surface area contributed by atoms with Crippen molar-refractivity contribution < 1.29 is 48.9 Å². The van der Waals surface area contributed by atoms with Crippen LogP contribution < -0.4 is 29.1 Å². The minimum absolute atomic E-state index is 0. The van der Waals surface area contributed by atoms with E-state index in [1.807, 2.05) is 0 Å². The second kappa shape index (κ2) is 7.90. The Kier molecular flexibility index (Phi) is 11.9. The van der Waals surface area contributed by atoms with Crippen LogP contribution in [0.4, 0.5) is 0 Å². The van der Waals surface area contributed by atoms with Crippen molar-refractivity contribution in [3.63, 3.8) is 0 Å². The van der Waals surface area contributed by atoms with Crippen molar-refractivity contribution in [1.29, 1.82) is 0 Å². The molecule has 0 rings (SSSR count). The first kappa shape index (κ1) is 18.1. The summed E-state index contributed by atoms with van der Waals surface area (Å²) in [4.78, 5) is 19.3. The maximum Gasteiger partial charge on any atom is 3.00 e. The third-order valence-corrected chi connectivity index (χ3v) is 0.782. The number of rotatable bonds is 3. The van der Waals surface area contributed by atoms with Crippen LogP contribution in [0.1, 0.15) is 0 Å². The van der Waals surface area contributed by atoms with Gasteiger partial charge in [-0.3, -0.25) is 0 Å². The van der Waals surface area contributed by atoms with Crippen LogP contribution in [0.3, 0.4) is 0 Å². The molecule has 0 aromatic rings. The molecule has 60 valence electrons. The van der Waals surface area contributed by atoms with Crippen molar-refractivity contribution in [2.24, 2.45) is 0 Å². The molecule has 0 aromatic heterocycles. The molecule has 0 aromatic carbocycles. The molecule has 2 atom stereocenters. The Hall–Kier alpha value is 0.276. The summed E-state index contributed by atoms with van der Waals surface area (Å²) in [5, 5.41) is 35.7. The molecule has 0 saturated carbocycles. The van der Waals surface area contributed by atoms with Gasteiger partial charge >= 0.3 is 43.3 Å². The SMILES string of the molecule is O=C([O-])C(O)C(O)C(=O)[O-].[Li+].[Sb+3]. The van der Waals surface area contributed by atoms with Crippen LogP contribution in [0.25, 0.3) is 0 Å². The van der Waals surface area contributed by atoms with Crippen LogP contribution >= 0.6 is 0 Å². The third-order valence-electron chi connectivity index (χ3n) is 0.782. The largest absolute Gasteiger partial charge is 3.00 e. The second-order valence-electron chi connectivity index (χ2n) is 1.53. The first-order valence-corrected chi connectivity index (χ1v) is 2.24. The predicted octanol–water partition coefficient (Wildman–Crippen LogP) is -8.17. The zero-order valence-corrected chi connectivity index (χ0v) is 8.68. The molecule has 0 amide bonds. The van der Waals surface area contributed by atoms with E-state index in [4.69, 9.17) is 10.2 Å². The Morgan fingerprint density at radius 1 is 1.00 bits per heavy atom. The fourth-order valence-electron chi connectivity index (χ4n) is 0.258. The summed E-state index contributed by atoms with van der Waals surface area (Å²) in [6.45, 7) is 0. The third kappa shape index (κ3) is 5.87. The number of carbonyl (C=O) groups is 2. The average molecular weight is 277 g/mol. The number of aliphatic carboxylic acids is 2. The Balaban J connectivity index is -0.000000405. The maximum atomic E-state index is 9.63. The Morgan fingerprint density at radius 3 is 1.25 bits per heavy atom. The topological polar surface area (TPSA) is 121 Å². The number of aliphatic hydroxyl groups excluding tert-OH is 2. The molecular weight excluding hydrogens is 273 g/mol. The summed E-state index contributed by atoms with van der Waals surface area (Å²) in [6.07, 6.45) is -4.88. The van der Waals surface area contributed by atoms with E-state index in [2.05, 4.69) is 0 Å². The first-order chi connectivity index (χ1) is 4.46. The van der Waals surface area contributed by atoms with E-state index in [1.54, 1.807) is 0 Å². The van der Waals surface area contributed by atoms with Crippen LogP contribution in [0, 0.1) is 0 Å². The molecule has 2 radical (unpaired) electrons. The van der Waals surface area contributed by atoms with E-state index in [-0.39, 0.29) is 43.3 Å². The molecular formula is C4H4LiO6Sb+2. The molecule has 0 fully saturated rings. The average Bonchev–Trinajstić information content (AvgIpc) is 1.84. The molecule has 12 heavy (non-hydrogen) atoms. The second-order valence-corrected chi connectivity index (χ2v) is 1.53. The molecule has 0 aliphatic rings. The monoisotopic (exact) mass is 276 g/mol. The fourth-order valence-corrected chi connectivity index (χ4v) is 0.258. The van der Waals surface area contributed by atoms with Gasteiger partial charge in [0.25, 0.3) is 0 Å². The summed E-state index contributed by atoms with van der Waals surface area (Å²) in [5.41, 5.74) is 0. The van der Waals surface area contributed by atoms with Crippen molar-refractivity contribution in [2.45, 2.75) is 12.2 Å². The molecule has 8 heteroatoms. The van der Waals surface area contributed by atoms with E-state index in [9.17, 15) is 19.8 Å². The molecule has 0 saturated heterocycles. The minimum atomic E-state index is -2.44. The molecule has 0 aliphatic carbocycles. The number of carboxylic acids is 2. The van der Waals surface area contributed by atoms with Gasteiger partial charge in [0.15, 0.2) is 0 Å². The van der Waals surface area contributed by atoms with E-state index in [0.29, 0.717) is 0 Å². The fraction of sp³-hybridized carbons (Fsp3) is 0.500. The van der Waals surface area contributed by atoms with E-state index in [1.165, 1.54) is 0 Å². The molecule has 2 unspecified atom stereocenters. The number of carboxylic acid groups (broad SMARTS) is 2. The number of aliphatic hydroxyl groups is 2. The molecule has 0 bridgehead atoms. The molecule has 0 heterocycles.